The highest BCUT2D eigenvalue weighted by Gasteiger charge is 2.05. The van der Waals surface area contributed by atoms with E-state index in [1.165, 1.54) is 0 Å². The second-order valence-electron chi connectivity index (χ2n) is 3.83. The zero-order chi connectivity index (χ0) is 12.1. The molecule has 0 saturated carbocycles. The number of carbonyl (C=O) groups is 1. The number of aryl methyl sites for hydroxylation is 1. The van der Waals surface area contributed by atoms with E-state index in [1.54, 1.807) is 24.9 Å². The van der Waals surface area contributed by atoms with Gasteiger partial charge in [0.15, 0.2) is 0 Å². The topological polar surface area (TPSA) is 70.7 Å². The van der Waals surface area contributed by atoms with Gasteiger partial charge in [0.1, 0.15) is 0 Å². The van der Waals surface area contributed by atoms with Crippen LogP contribution >= 0.6 is 0 Å². The molecule has 0 radical (unpaired) electrons. The lowest BCUT2D eigenvalue weighted by Gasteiger charge is -2.04. The molecule has 0 aliphatic rings. The molecule has 2 N–H and O–H groups in total. The van der Waals surface area contributed by atoms with Gasteiger partial charge in [-0.3, -0.25) is 9.78 Å². The van der Waals surface area contributed by atoms with Crippen molar-refractivity contribution in [3.05, 3.63) is 47.8 Å². The first-order chi connectivity index (χ1) is 8.25. The summed E-state index contributed by atoms with van der Waals surface area (Å²) in [5.74, 6) is -0.0966. The molecule has 0 aliphatic heterocycles. The molecule has 88 valence electrons. The zero-order valence-electron chi connectivity index (χ0n) is 9.60. The van der Waals surface area contributed by atoms with Crippen molar-refractivity contribution in [3.63, 3.8) is 0 Å². The van der Waals surface area contributed by atoms with Crippen molar-refractivity contribution in [2.75, 3.05) is 6.54 Å². The Kier molecular flexibility index (Phi) is 3.49. The normalized spacial score (nSPS) is 10.2. The molecule has 5 heteroatoms. The lowest BCUT2D eigenvalue weighted by atomic mass is 10.2. The molecular weight excluding hydrogens is 216 g/mol. The van der Waals surface area contributed by atoms with E-state index < -0.39 is 0 Å². The van der Waals surface area contributed by atoms with E-state index in [0.29, 0.717) is 12.1 Å². The monoisotopic (exact) mass is 230 g/mol. The minimum atomic E-state index is -0.0966. The van der Waals surface area contributed by atoms with Gasteiger partial charge in [-0.05, 0) is 18.6 Å². The van der Waals surface area contributed by atoms with Crippen LogP contribution < -0.4 is 5.32 Å². The maximum Gasteiger partial charge on any atom is 0.252 e. The number of aromatic amines is 1. The molecule has 0 bridgehead atoms. The smallest absolute Gasteiger partial charge is 0.252 e. The SMILES string of the molecule is Cc1cncc(C(=O)NCCc2cnc[nH]2)c1. The van der Waals surface area contributed by atoms with Crippen molar-refractivity contribution >= 4 is 5.91 Å². The summed E-state index contributed by atoms with van der Waals surface area (Å²) in [5, 5.41) is 2.84. The van der Waals surface area contributed by atoms with Gasteiger partial charge in [0, 0.05) is 37.3 Å². The fourth-order valence-corrected chi connectivity index (χ4v) is 1.51. The van der Waals surface area contributed by atoms with Crippen LogP contribution in [-0.2, 0) is 6.42 Å². The molecule has 0 saturated heterocycles. The van der Waals surface area contributed by atoms with Gasteiger partial charge < -0.3 is 10.3 Å². The quantitative estimate of drug-likeness (QED) is 0.825. The standard InChI is InChI=1S/C12H14N4O/c1-9-4-10(6-13-5-9)12(17)15-3-2-11-7-14-8-16-11/h4-8H,2-3H2,1H3,(H,14,16)(H,15,17). The van der Waals surface area contributed by atoms with Gasteiger partial charge in [0.2, 0.25) is 0 Å². The first kappa shape index (κ1) is 11.3. The number of amides is 1. The molecule has 0 spiro atoms. The number of hydrogen-bond donors (Lipinski definition) is 2. The Balaban J connectivity index is 1.85. The number of carbonyl (C=O) groups excluding carboxylic acids is 1. The summed E-state index contributed by atoms with van der Waals surface area (Å²) in [6.07, 6.45) is 7.41. The third-order valence-electron chi connectivity index (χ3n) is 2.37. The summed E-state index contributed by atoms with van der Waals surface area (Å²) in [4.78, 5) is 22.6. The zero-order valence-corrected chi connectivity index (χ0v) is 9.60. The molecule has 5 nitrogen and oxygen atoms in total. The van der Waals surface area contributed by atoms with Crippen LogP contribution in [0.25, 0.3) is 0 Å². The predicted octanol–water partition coefficient (Wildman–Crippen LogP) is 1.09. The lowest BCUT2D eigenvalue weighted by molar-refractivity contribution is 0.0953. The summed E-state index contributed by atoms with van der Waals surface area (Å²) in [6, 6.07) is 1.82. The maximum atomic E-state index is 11.7. The van der Waals surface area contributed by atoms with E-state index >= 15 is 0 Å². The Labute approximate surface area is 99.3 Å². The van der Waals surface area contributed by atoms with Crippen molar-refractivity contribution in [1.82, 2.24) is 20.3 Å². The third-order valence-corrected chi connectivity index (χ3v) is 2.37. The van der Waals surface area contributed by atoms with E-state index in [0.717, 1.165) is 17.7 Å². The molecule has 2 aromatic rings. The third kappa shape index (κ3) is 3.14. The number of nitrogens with zero attached hydrogens (tertiary/aromatic N) is 2. The van der Waals surface area contributed by atoms with Crippen molar-refractivity contribution in [1.29, 1.82) is 0 Å². The van der Waals surface area contributed by atoms with Crippen LogP contribution in [0, 0.1) is 6.92 Å². The van der Waals surface area contributed by atoms with Crippen LogP contribution in [0.3, 0.4) is 0 Å². The van der Waals surface area contributed by atoms with E-state index in [4.69, 9.17) is 0 Å². The van der Waals surface area contributed by atoms with Crippen LogP contribution in [0.2, 0.25) is 0 Å². The molecular formula is C12H14N4O. The Bertz CT molecular complexity index is 493. The maximum absolute atomic E-state index is 11.7. The second-order valence-corrected chi connectivity index (χ2v) is 3.83. The van der Waals surface area contributed by atoms with Crippen LogP contribution in [0.5, 0.6) is 0 Å². The predicted molar refractivity (Wildman–Crippen MR) is 63.6 cm³/mol. The number of hydrogen-bond acceptors (Lipinski definition) is 3. The number of nitrogens with one attached hydrogen (secondary N) is 2. The molecule has 2 heterocycles. The number of aromatic nitrogens is 3. The van der Waals surface area contributed by atoms with Gasteiger partial charge in [-0.15, -0.1) is 0 Å². The van der Waals surface area contributed by atoms with Crippen LogP contribution in [-0.4, -0.2) is 27.4 Å². The summed E-state index contributed by atoms with van der Waals surface area (Å²) in [5.41, 5.74) is 2.58. The number of H-pyrrole nitrogens is 1. The van der Waals surface area contributed by atoms with Gasteiger partial charge >= 0.3 is 0 Å². The molecule has 2 rings (SSSR count). The minimum absolute atomic E-state index is 0.0966. The summed E-state index contributed by atoms with van der Waals surface area (Å²) >= 11 is 0. The largest absolute Gasteiger partial charge is 0.352 e. The van der Waals surface area contributed by atoms with Crippen LogP contribution in [0.15, 0.2) is 31.0 Å². The average Bonchev–Trinajstić information content (AvgIpc) is 2.82. The van der Waals surface area contributed by atoms with Gasteiger partial charge in [-0.1, -0.05) is 0 Å². The Morgan fingerprint density at radius 2 is 2.24 bits per heavy atom. The summed E-state index contributed by atoms with van der Waals surface area (Å²) in [6.45, 7) is 2.49. The summed E-state index contributed by atoms with van der Waals surface area (Å²) in [7, 11) is 0. The second kappa shape index (κ2) is 5.25. The van der Waals surface area contributed by atoms with Gasteiger partial charge in [-0.25, -0.2) is 4.98 Å². The Morgan fingerprint density at radius 3 is 2.94 bits per heavy atom. The van der Waals surface area contributed by atoms with Gasteiger partial charge in [-0.2, -0.15) is 0 Å². The van der Waals surface area contributed by atoms with E-state index in [1.807, 2.05) is 13.0 Å². The highest BCUT2D eigenvalue weighted by Crippen LogP contribution is 2.00. The van der Waals surface area contributed by atoms with Crippen LogP contribution in [0.4, 0.5) is 0 Å². The van der Waals surface area contributed by atoms with E-state index in [-0.39, 0.29) is 5.91 Å². The Morgan fingerprint density at radius 1 is 1.35 bits per heavy atom. The lowest BCUT2D eigenvalue weighted by Crippen LogP contribution is -2.25. The fourth-order valence-electron chi connectivity index (χ4n) is 1.51. The number of imidazole rings is 1. The average molecular weight is 230 g/mol. The fraction of sp³-hybridized carbons (Fsp3) is 0.250. The molecule has 0 unspecified atom stereocenters. The molecule has 0 aliphatic carbocycles. The van der Waals surface area contributed by atoms with Crippen LogP contribution in [0.1, 0.15) is 21.6 Å². The number of rotatable bonds is 4. The first-order valence-electron chi connectivity index (χ1n) is 5.43. The molecule has 1 amide bonds. The van der Waals surface area contributed by atoms with Gasteiger partial charge in [0.05, 0.1) is 11.9 Å². The van der Waals surface area contributed by atoms with Crippen molar-refractivity contribution in [2.45, 2.75) is 13.3 Å². The molecule has 17 heavy (non-hydrogen) atoms. The van der Waals surface area contributed by atoms with Gasteiger partial charge in [0.25, 0.3) is 5.91 Å². The van der Waals surface area contributed by atoms with Crippen molar-refractivity contribution in [3.8, 4) is 0 Å². The highest BCUT2D eigenvalue weighted by atomic mass is 16.1. The van der Waals surface area contributed by atoms with E-state index in [2.05, 4.69) is 20.3 Å². The van der Waals surface area contributed by atoms with Crippen molar-refractivity contribution < 1.29 is 4.79 Å². The molecule has 0 atom stereocenters. The Hall–Kier alpha value is -2.17. The minimum Gasteiger partial charge on any atom is -0.352 e. The summed E-state index contributed by atoms with van der Waals surface area (Å²) < 4.78 is 0. The van der Waals surface area contributed by atoms with E-state index in [9.17, 15) is 4.79 Å². The van der Waals surface area contributed by atoms with Crippen molar-refractivity contribution in [2.24, 2.45) is 0 Å². The number of pyridine rings is 1. The molecule has 0 aromatic carbocycles. The molecule has 0 fully saturated rings. The first-order valence-corrected chi connectivity index (χ1v) is 5.43. The molecule has 2 aromatic heterocycles. The highest BCUT2D eigenvalue weighted by molar-refractivity contribution is 5.93.